The molecule has 0 amide bonds. The third kappa shape index (κ3) is 3.56. The molecule has 2 aromatic rings. The molecule has 0 heterocycles. The molecule has 3 nitrogen and oxygen atoms in total. The molecule has 0 spiro atoms. The summed E-state index contributed by atoms with van der Waals surface area (Å²) in [4.78, 5) is 13.0. The number of carboxylic acids is 1. The molecule has 1 N–H and O–H groups in total. The first-order chi connectivity index (χ1) is 10.0. The van der Waals surface area contributed by atoms with Gasteiger partial charge in [-0.3, -0.25) is 0 Å². The number of halogens is 2. The van der Waals surface area contributed by atoms with Gasteiger partial charge in [0.05, 0.1) is 5.56 Å². The van der Waals surface area contributed by atoms with Crippen LogP contribution in [0.1, 0.15) is 22.8 Å². The van der Waals surface area contributed by atoms with E-state index in [1.807, 2.05) is 11.8 Å². The van der Waals surface area contributed by atoms with Gasteiger partial charge in [-0.1, -0.05) is 0 Å². The maximum Gasteiger partial charge on any atom is 0.336 e. The van der Waals surface area contributed by atoms with Crippen molar-refractivity contribution in [2.45, 2.75) is 13.5 Å². The van der Waals surface area contributed by atoms with Crippen molar-refractivity contribution in [1.82, 2.24) is 0 Å². The Morgan fingerprint density at radius 1 is 1.10 bits per heavy atom. The Morgan fingerprint density at radius 3 is 2.29 bits per heavy atom. The number of nitrogens with zero attached hydrogens (tertiary/aromatic N) is 1. The molecule has 0 aliphatic carbocycles. The highest BCUT2D eigenvalue weighted by Crippen LogP contribution is 2.20. The van der Waals surface area contributed by atoms with Crippen LogP contribution in [0.15, 0.2) is 42.5 Å². The van der Waals surface area contributed by atoms with Gasteiger partial charge in [0.2, 0.25) is 0 Å². The van der Waals surface area contributed by atoms with Gasteiger partial charge in [-0.15, -0.1) is 0 Å². The van der Waals surface area contributed by atoms with E-state index in [1.165, 1.54) is 24.3 Å². The molecular formula is C16H15F2NO2. The van der Waals surface area contributed by atoms with E-state index in [4.69, 9.17) is 5.11 Å². The van der Waals surface area contributed by atoms with Crippen molar-refractivity contribution < 1.29 is 18.7 Å². The number of hydrogen-bond acceptors (Lipinski definition) is 2. The maximum absolute atomic E-state index is 13.4. The molecule has 0 unspecified atom stereocenters. The molecule has 0 saturated heterocycles. The minimum atomic E-state index is -1.10. The minimum absolute atomic E-state index is 0.0666. The van der Waals surface area contributed by atoms with Crippen LogP contribution in [0.5, 0.6) is 0 Å². The highest BCUT2D eigenvalue weighted by Gasteiger charge is 2.14. The summed E-state index contributed by atoms with van der Waals surface area (Å²) < 4.78 is 26.3. The Morgan fingerprint density at radius 2 is 1.71 bits per heavy atom. The molecule has 0 fully saturated rings. The summed E-state index contributed by atoms with van der Waals surface area (Å²) in [6, 6.07) is 9.49. The number of carbonyl (C=O) groups is 1. The molecular weight excluding hydrogens is 276 g/mol. The van der Waals surface area contributed by atoms with Crippen molar-refractivity contribution in [3.05, 3.63) is 65.2 Å². The number of anilines is 1. The van der Waals surface area contributed by atoms with Gasteiger partial charge in [0.25, 0.3) is 0 Å². The van der Waals surface area contributed by atoms with Crippen LogP contribution in [0.25, 0.3) is 0 Å². The van der Waals surface area contributed by atoms with Gasteiger partial charge in [-0.2, -0.15) is 0 Å². The standard InChI is InChI=1S/C16H15F2NO2/c1-2-19(14-6-3-12(17)4-7-14)10-11-9-13(18)5-8-15(11)16(20)21/h3-9H,2,10H2,1H3,(H,20,21). The van der Waals surface area contributed by atoms with Crippen LogP contribution in [-0.4, -0.2) is 17.6 Å². The van der Waals surface area contributed by atoms with E-state index in [2.05, 4.69) is 0 Å². The molecule has 110 valence electrons. The zero-order valence-corrected chi connectivity index (χ0v) is 11.5. The third-order valence-corrected chi connectivity index (χ3v) is 3.23. The lowest BCUT2D eigenvalue weighted by atomic mass is 10.1. The van der Waals surface area contributed by atoms with E-state index >= 15 is 0 Å². The molecule has 0 atom stereocenters. The van der Waals surface area contributed by atoms with Crippen LogP contribution >= 0.6 is 0 Å². The topological polar surface area (TPSA) is 40.5 Å². The second-order valence-corrected chi connectivity index (χ2v) is 4.60. The van der Waals surface area contributed by atoms with E-state index in [9.17, 15) is 13.6 Å². The average Bonchev–Trinajstić information content (AvgIpc) is 2.45. The number of aromatic carboxylic acids is 1. The molecule has 0 bridgehead atoms. The quantitative estimate of drug-likeness (QED) is 0.913. The monoisotopic (exact) mass is 291 g/mol. The van der Waals surface area contributed by atoms with Crippen LogP contribution in [0.4, 0.5) is 14.5 Å². The van der Waals surface area contributed by atoms with Crippen molar-refractivity contribution in [3.63, 3.8) is 0 Å². The molecule has 0 radical (unpaired) electrons. The first-order valence-corrected chi connectivity index (χ1v) is 6.53. The third-order valence-electron chi connectivity index (χ3n) is 3.23. The number of benzene rings is 2. The Labute approximate surface area is 121 Å². The minimum Gasteiger partial charge on any atom is -0.478 e. The van der Waals surface area contributed by atoms with Crippen molar-refractivity contribution >= 4 is 11.7 Å². The molecule has 0 aliphatic rings. The summed E-state index contributed by atoms with van der Waals surface area (Å²) in [6.45, 7) is 2.71. The lowest BCUT2D eigenvalue weighted by Gasteiger charge is -2.24. The van der Waals surface area contributed by atoms with Crippen LogP contribution in [0.3, 0.4) is 0 Å². The summed E-state index contributed by atoms with van der Waals surface area (Å²) in [5, 5.41) is 9.16. The molecule has 0 aromatic heterocycles. The van der Waals surface area contributed by atoms with Crippen LogP contribution < -0.4 is 4.90 Å². The summed E-state index contributed by atoms with van der Waals surface area (Å²) in [6.07, 6.45) is 0. The average molecular weight is 291 g/mol. The zero-order valence-electron chi connectivity index (χ0n) is 11.5. The second-order valence-electron chi connectivity index (χ2n) is 4.60. The van der Waals surface area contributed by atoms with Crippen LogP contribution in [0.2, 0.25) is 0 Å². The van der Waals surface area contributed by atoms with Crippen LogP contribution in [-0.2, 0) is 6.54 Å². The van der Waals surface area contributed by atoms with Crippen molar-refractivity contribution in [2.24, 2.45) is 0 Å². The Balaban J connectivity index is 2.32. The number of carboxylic acid groups (broad SMARTS) is 1. The van der Waals surface area contributed by atoms with E-state index in [0.717, 1.165) is 11.8 Å². The lowest BCUT2D eigenvalue weighted by molar-refractivity contribution is 0.0695. The van der Waals surface area contributed by atoms with Crippen molar-refractivity contribution in [3.8, 4) is 0 Å². The van der Waals surface area contributed by atoms with Gasteiger partial charge in [-0.05, 0) is 55.0 Å². The van der Waals surface area contributed by atoms with E-state index < -0.39 is 11.8 Å². The summed E-state index contributed by atoms with van der Waals surface area (Å²) in [5.41, 5.74) is 1.20. The number of hydrogen-bond donors (Lipinski definition) is 1. The van der Waals surface area contributed by atoms with Gasteiger partial charge in [0.15, 0.2) is 0 Å². The molecule has 21 heavy (non-hydrogen) atoms. The fourth-order valence-corrected chi connectivity index (χ4v) is 2.14. The zero-order chi connectivity index (χ0) is 15.4. The second kappa shape index (κ2) is 6.35. The van der Waals surface area contributed by atoms with E-state index in [0.29, 0.717) is 12.1 Å². The van der Waals surface area contributed by atoms with Gasteiger partial charge in [0, 0.05) is 18.8 Å². The van der Waals surface area contributed by atoms with E-state index in [1.54, 1.807) is 12.1 Å². The summed E-state index contributed by atoms with van der Waals surface area (Å²) >= 11 is 0. The van der Waals surface area contributed by atoms with Gasteiger partial charge in [-0.25, -0.2) is 13.6 Å². The molecule has 5 heteroatoms. The highest BCUT2D eigenvalue weighted by molar-refractivity contribution is 5.89. The first kappa shape index (κ1) is 15.0. The van der Waals surface area contributed by atoms with E-state index in [-0.39, 0.29) is 17.9 Å². The Kier molecular flexibility index (Phi) is 4.52. The number of rotatable bonds is 5. The van der Waals surface area contributed by atoms with Crippen molar-refractivity contribution in [2.75, 3.05) is 11.4 Å². The largest absolute Gasteiger partial charge is 0.478 e. The molecule has 0 aliphatic heterocycles. The fourth-order valence-electron chi connectivity index (χ4n) is 2.14. The van der Waals surface area contributed by atoms with Crippen molar-refractivity contribution in [1.29, 1.82) is 0 Å². The predicted molar refractivity (Wildman–Crippen MR) is 76.5 cm³/mol. The maximum atomic E-state index is 13.4. The van der Waals surface area contributed by atoms with Gasteiger partial charge >= 0.3 is 5.97 Å². The first-order valence-electron chi connectivity index (χ1n) is 6.53. The smallest absolute Gasteiger partial charge is 0.336 e. The SMILES string of the molecule is CCN(Cc1cc(F)ccc1C(=O)O)c1ccc(F)cc1. The highest BCUT2D eigenvalue weighted by atomic mass is 19.1. The Hall–Kier alpha value is -2.43. The van der Waals surface area contributed by atoms with Gasteiger partial charge < -0.3 is 10.0 Å². The normalized spacial score (nSPS) is 10.4. The lowest BCUT2D eigenvalue weighted by Crippen LogP contribution is -2.23. The van der Waals surface area contributed by atoms with Crippen LogP contribution in [0, 0.1) is 11.6 Å². The van der Waals surface area contributed by atoms with Gasteiger partial charge in [0.1, 0.15) is 11.6 Å². The fraction of sp³-hybridized carbons (Fsp3) is 0.188. The molecule has 2 aromatic carbocycles. The summed E-state index contributed by atoms with van der Waals surface area (Å²) in [5.74, 6) is -1.92. The predicted octanol–water partition coefficient (Wildman–Crippen LogP) is 3.69. The Bertz CT molecular complexity index is 641. The molecule has 2 rings (SSSR count). The summed E-state index contributed by atoms with van der Waals surface area (Å²) in [7, 11) is 0. The molecule has 0 saturated carbocycles.